The average molecular weight is 222 g/mol. The number of carbonyl (C=O) groups is 1. The van der Waals surface area contributed by atoms with Crippen LogP contribution in [-0.2, 0) is 17.8 Å². The minimum atomic E-state index is 0.184. The number of aromatic nitrogens is 3. The Morgan fingerprint density at radius 3 is 2.94 bits per heavy atom. The SMILES string of the molecule is CC(C)Cn1ncnc1CC(=O)C1CNC1. The molecule has 1 fully saturated rings. The van der Waals surface area contributed by atoms with Crippen LogP contribution in [0.2, 0.25) is 0 Å². The van der Waals surface area contributed by atoms with Gasteiger partial charge >= 0.3 is 0 Å². The zero-order chi connectivity index (χ0) is 11.5. The topological polar surface area (TPSA) is 59.8 Å². The van der Waals surface area contributed by atoms with E-state index in [4.69, 9.17) is 0 Å². The largest absolute Gasteiger partial charge is 0.315 e. The van der Waals surface area contributed by atoms with Crippen molar-refractivity contribution in [2.24, 2.45) is 11.8 Å². The van der Waals surface area contributed by atoms with Crippen LogP contribution in [0.5, 0.6) is 0 Å². The third kappa shape index (κ3) is 2.47. The molecule has 0 aliphatic carbocycles. The second-order valence-electron chi connectivity index (χ2n) is 4.75. The summed E-state index contributed by atoms with van der Waals surface area (Å²) >= 11 is 0. The highest BCUT2D eigenvalue weighted by Crippen LogP contribution is 2.09. The molecule has 0 radical (unpaired) electrons. The minimum absolute atomic E-state index is 0.184. The first-order chi connectivity index (χ1) is 7.66. The number of carbonyl (C=O) groups excluding carboxylic acids is 1. The van der Waals surface area contributed by atoms with Gasteiger partial charge in [-0.1, -0.05) is 13.8 Å². The second kappa shape index (κ2) is 4.74. The molecule has 2 heterocycles. The van der Waals surface area contributed by atoms with Crippen molar-refractivity contribution in [3.8, 4) is 0 Å². The smallest absolute Gasteiger partial charge is 0.146 e. The summed E-state index contributed by atoms with van der Waals surface area (Å²) in [4.78, 5) is 16.0. The molecule has 88 valence electrons. The maximum Gasteiger partial charge on any atom is 0.146 e. The number of Topliss-reactive ketones (excluding diaryl/α,β-unsaturated/α-hetero) is 1. The van der Waals surface area contributed by atoms with Crippen LogP contribution in [0.4, 0.5) is 0 Å². The fourth-order valence-corrected chi connectivity index (χ4v) is 1.74. The molecule has 1 aromatic heterocycles. The molecule has 5 nitrogen and oxygen atoms in total. The molecule has 1 aliphatic rings. The molecular formula is C11H18N4O. The Labute approximate surface area is 95.2 Å². The Morgan fingerprint density at radius 1 is 1.62 bits per heavy atom. The molecule has 2 rings (SSSR count). The molecule has 1 aromatic rings. The molecule has 0 unspecified atom stereocenters. The van der Waals surface area contributed by atoms with E-state index >= 15 is 0 Å². The molecule has 1 N–H and O–H groups in total. The number of ketones is 1. The quantitative estimate of drug-likeness (QED) is 0.776. The Bertz CT molecular complexity index is 368. The average Bonchev–Trinajstić information content (AvgIpc) is 2.48. The molecule has 1 saturated heterocycles. The summed E-state index contributed by atoms with van der Waals surface area (Å²) in [7, 11) is 0. The van der Waals surface area contributed by atoms with Gasteiger partial charge in [0, 0.05) is 25.6 Å². The first-order valence-electron chi connectivity index (χ1n) is 5.77. The van der Waals surface area contributed by atoms with Crippen molar-refractivity contribution in [2.75, 3.05) is 13.1 Å². The lowest BCUT2D eigenvalue weighted by atomic mass is 9.96. The van der Waals surface area contributed by atoms with Crippen LogP contribution < -0.4 is 5.32 Å². The Morgan fingerprint density at radius 2 is 2.38 bits per heavy atom. The van der Waals surface area contributed by atoms with Gasteiger partial charge in [-0.3, -0.25) is 4.79 Å². The predicted octanol–water partition coefficient (Wildman–Crippen LogP) is 0.265. The molecule has 16 heavy (non-hydrogen) atoms. The van der Waals surface area contributed by atoms with Crippen molar-refractivity contribution in [3.05, 3.63) is 12.2 Å². The van der Waals surface area contributed by atoms with Crippen molar-refractivity contribution >= 4 is 5.78 Å². The zero-order valence-corrected chi connectivity index (χ0v) is 9.81. The van der Waals surface area contributed by atoms with E-state index in [2.05, 4.69) is 29.2 Å². The van der Waals surface area contributed by atoms with E-state index in [9.17, 15) is 4.79 Å². The Hall–Kier alpha value is -1.23. The highest BCUT2D eigenvalue weighted by atomic mass is 16.1. The molecule has 0 bridgehead atoms. The molecule has 0 amide bonds. The van der Waals surface area contributed by atoms with Crippen molar-refractivity contribution < 1.29 is 4.79 Å². The van der Waals surface area contributed by atoms with Crippen molar-refractivity contribution in [2.45, 2.75) is 26.8 Å². The van der Waals surface area contributed by atoms with Gasteiger partial charge in [0.15, 0.2) is 0 Å². The maximum atomic E-state index is 11.8. The molecule has 0 spiro atoms. The maximum absolute atomic E-state index is 11.8. The lowest BCUT2D eigenvalue weighted by molar-refractivity contribution is -0.123. The van der Waals surface area contributed by atoms with E-state index in [0.29, 0.717) is 12.3 Å². The summed E-state index contributed by atoms with van der Waals surface area (Å²) in [6, 6.07) is 0. The highest BCUT2D eigenvalue weighted by molar-refractivity contribution is 5.83. The minimum Gasteiger partial charge on any atom is -0.315 e. The first kappa shape index (κ1) is 11.3. The van der Waals surface area contributed by atoms with Gasteiger partial charge in [-0.15, -0.1) is 0 Å². The fraction of sp³-hybridized carbons (Fsp3) is 0.727. The Balaban J connectivity index is 1.97. The van der Waals surface area contributed by atoms with Crippen LogP contribution in [0.25, 0.3) is 0 Å². The zero-order valence-electron chi connectivity index (χ0n) is 9.81. The van der Waals surface area contributed by atoms with Crippen molar-refractivity contribution in [3.63, 3.8) is 0 Å². The lowest BCUT2D eigenvalue weighted by Crippen LogP contribution is -2.47. The van der Waals surface area contributed by atoms with E-state index in [1.807, 2.05) is 4.68 Å². The number of hydrogen-bond acceptors (Lipinski definition) is 4. The van der Waals surface area contributed by atoms with Gasteiger partial charge < -0.3 is 5.32 Å². The van der Waals surface area contributed by atoms with Crippen LogP contribution in [0.1, 0.15) is 19.7 Å². The van der Waals surface area contributed by atoms with Crippen LogP contribution in [-0.4, -0.2) is 33.6 Å². The predicted molar refractivity (Wildman–Crippen MR) is 59.9 cm³/mol. The summed E-state index contributed by atoms with van der Waals surface area (Å²) < 4.78 is 1.84. The van der Waals surface area contributed by atoms with Crippen molar-refractivity contribution in [1.29, 1.82) is 0 Å². The van der Waals surface area contributed by atoms with Crippen LogP contribution in [0.3, 0.4) is 0 Å². The third-order valence-electron chi connectivity index (χ3n) is 2.80. The van der Waals surface area contributed by atoms with Gasteiger partial charge in [0.1, 0.15) is 17.9 Å². The van der Waals surface area contributed by atoms with E-state index in [-0.39, 0.29) is 11.7 Å². The summed E-state index contributed by atoms with van der Waals surface area (Å²) in [6.07, 6.45) is 1.95. The van der Waals surface area contributed by atoms with Gasteiger partial charge in [0.05, 0.1) is 6.42 Å². The molecular weight excluding hydrogens is 204 g/mol. The number of rotatable bonds is 5. The summed E-state index contributed by atoms with van der Waals surface area (Å²) in [5.41, 5.74) is 0. The monoisotopic (exact) mass is 222 g/mol. The first-order valence-corrected chi connectivity index (χ1v) is 5.77. The standard InChI is InChI=1S/C11H18N4O/c1-8(2)6-15-11(13-7-14-15)3-10(16)9-4-12-5-9/h7-9,12H,3-6H2,1-2H3. The highest BCUT2D eigenvalue weighted by Gasteiger charge is 2.25. The number of nitrogens with one attached hydrogen (secondary N) is 1. The third-order valence-corrected chi connectivity index (χ3v) is 2.80. The van der Waals surface area contributed by atoms with Crippen LogP contribution >= 0.6 is 0 Å². The summed E-state index contributed by atoms with van der Waals surface area (Å²) in [5, 5.41) is 7.26. The van der Waals surface area contributed by atoms with Gasteiger partial charge in [0.25, 0.3) is 0 Å². The number of nitrogens with zero attached hydrogens (tertiary/aromatic N) is 3. The lowest BCUT2D eigenvalue weighted by Gasteiger charge is -2.25. The van der Waals surface area contributed by atoms with Gasteiger partial charge in [-0.05, 0) is 5.92 Å². The van der Waals surface area contributed by atoms with E-state index in [1.54, 1.807) is 0 Å². The molecule has 0 saturated carbocycles. The van der Waals surface area contributed by atoms with E-state index in [1.165, 1.54) is 6.33 Å². The second-order valence-corrected chi connectivity index (χ2v) is 4.75. The molecule has 0 atom stereocenters. The normalized spacial score (nSPS) is 16.4. The van der Waals surface area contributed by atoms with E-state index in [0.717, 1.165) is 25.5 Å². The van der Waals surface area contributed by atoms with Crippen LogP contribution in [0.15, 0.2) is 6.33 Å². The van der Waals surface area contributed by atoms with Gasteiger partial charge in [0.2, 0.25) is 0 Å². The van der Waals surface area contributed by atoms with Gasteiger partial charge in [-0.25, -0.2) is 9.67 Å². The summed E-state index contributed by atoms with van der Waals surface area (Å²) in [5.74, 6) is 1.77. The molecule has 5 heteroatoms. The number of hydrogen-bond donors (Lipinski definition) is 1. The fourth-order valence-electron chi connectivity index (χ4n) is 1.74. The molecule has 0 aromatic carbocycles. The summed E-state index contributed by atoms with van der Waals surface area (Å²) in [6.45, 7) is 6.71. The molecule has 1 aliphatic heterocycles. The Kier molecular flexibility index (Phi) is 3.33. The van der Waals surface area contributed by atoms with Crippen molar-refractivity contribution in [1.82, 2.24) is 20.1 Å². The van der Waals surface area contributed by atoms with Gasteiger partial charge in [-0.2, -0.15) is 5.10 Å². The van der Waals surface area contributed by atoms with Crippen LogP contribution in [0, 0.1) is 11.8 Å². The van der Waals surface area contributed by atoms with E-state index < -0.39 is 0 Å².